The molecule has 0 bridgehead atoms. The minimum absolute atomic E-state index is 0. The van der Waals surface area contributed by atoms with Crippen LogP contribution in [0.2, 0.25) is 0 Å². The number of para-hydroxylation sites is 1. The van der Waals surface area contributed by atoms with E-state index < -0.39 is 0 Å². The molecular formula is C19H17IrN4-. The summed E-state index contributed by atoms with van der Waals surface area (Å²) in [5.41, 5.74) is 6.54. The first-order valence-corrected chi connectivity index (χ1v) is 7.59. The largest absolute Gasteiger partial charge is 0.352 e. The third-order valence-electron chi connectivity index (χ3n) is 4.23. The minimum atomic E-state index is 0. The van der Waals surface area contributed by atoms with E-state index in [1.54, 1.807) is 0 Å². The zero-order valence-corrected chi connectivity index (χ0v) is 16.1. The molecule has 0 saturated carbocycles. The second-order valence-electron chi connectivity index (χ2n) is 5.80. The molecule has 0 aliphatic carbocycles. The van der Waals surface area contributed by atoms with Gasteiger partial charge in [0.25, 0.3) is 0 Å². The minimum Gasteiger partial charge on any atom is -0.352 e. The van der Waals surface area contributed by atoms with Gasteiger partial charge < -0.3 is 9.13 Å². The molecule has 0 spiro atoms. The summed E-state index contributed by atoms with van der Waals surface area (Å²) in [7, 11) is 2.00. The Morgan fingerprint density at radius 1 is 1.04 bits per heavy atom. The van der Waals surface area contributed by atoms with Crippen LogP contribution in [0.1, 0.15) is 11.1 Å². The smallest absolute Gasteiger partial charge is 0.0833 e. The molecule has 5 heteroatoms. The molecule has 4 aromatic rings. The predicted molar refractivity (Wildman–Crippen MR) is 91.6 cm³/mol. The number of hydrogen-bond acceptors (Lipinski definition) is 2. The number of hydrogen-bond donors (Lipinski definition) is 0. The molecule has 0 amide bonds. The average molecular weight is 494 g/mol. The number of imidazole rings is 2. The molecule has 2 heterocycles. The van der Waals surface area contributed by atoms with E-state index in [4.69, 9.17) is 0 Å². The van der Waals surface area contributed by atoms with Crippen molar-refractivity contribution >= 4 is 11.0 Å². The first-order chi connectivity index (χ1) is 11.2. The van der Waals surface area contributed by atoms with Crippen LogP contribution >= 0.6 is 0 Å². The fraction of sp³-hybridized carbons (Fsp3) is 0.158. The summed E-state index contributed by atoms with van der Waals surface area (Å²) in [5.74, 6) is 0.867. The van der Waals surface area contributed by atoms with Gasteiger partial charge in [0.15, 0.2) is 0 Å². The Morgan fingerprint density at radius 3 is 2.54 bits per heavy atom. The Labute approximate surface area is 154 Å². The molecule has 24 heavy (non-hydrogen) atoms. The van der Waals surface area contributed by atoms with Crippen molar-refractivity contribution in [1.82, 2.24) is 19.1 Å². The van der Waals surface area contributed by atoms with Gasteiger partial charge in [-0.3, -0.25) is 9.97 Å². The maximum Gasteiger partial charge on any atom is 0.0833 e. The second kappa shape index (κ2) is 6.34. The van der Waals surface area contributed by atoms with Crippen LogP contribution < -0.4 is 0 Å². The Hall–Kier alpha value is -2.23. The van der Waals surface area contributed by atoms with Crippen molar-refractivity contribution in [3.63, 3.8) is 0 Å². The molecule has 0 fully saturated rings. The molecule has 2 aromatic carbocycles. The molecule has 1 radical (unpaired) electrons. The first kappa shape index (κ1) is 16.6. The normalized spacial score (nSPS) is 10.8. The average Bonchev–Trinajstić information content (AvgIpc) is 3.15. The molecule has 0 saturated heterocycles. The topological polar surface area (TPSA) is 35.6 Å². The van der Waals surface area contributed by atoms with E-state index in [0.29, 0.717) is 0 Å². The van der Waals surface area contributed by atoms with Gasteiger partial charge in [0.1, 0.15) is 0 Å². The molecule has 0 aliphatic rings. The maximum absolute atomic E-state index is 4.59. The van der Waals surface area contributed by atoms with Crippen LogP contribution in [0.15, 0.2) is 49.1 Å². The summed E-state index contributed by atoms with van der Waals surface area (Å²) >= 11 is 0. The van der Waals surface area contributed by atoms with Gasteiger partial charge in [-0.25, -0.2) is 0 Å². The predicted octanol–water partition coefficient (Wildman–Crippen LogP) is 3.84. The Morgan fingerprint density at radius 2 is 1.79 bits per heavy atom. The monoisotopic (exact) mass is 494 g/mol. The van der Waals surface area contributed by atoms with E-state index in [0.717, 1.165) is 22.4 Å². The summed E-state index contributed by atoms with van der Waals surface area (Å²) in [6, 6.07) is 13.6. The molecule has 0 aliphatic heterocycles. The van der Waals surface area contributed by atoms with Crippen LogP contribution in [0.3, 0.4) is 0 Å². The fourth-order valence-electron chi connectivity index (χ4n) is 3.13. The van der Waals surface area contributed by atoms with Gasteiger partial charge in [-0.2, -0.15) is 0 Å². The zero-order valence-electron chi connectivity index (χ0n) is 13.7. The standard InChI is InChI=1S/C19H17N4.Ir/c1-13-6-4-7-14(2)18(13)23-11-10-20-19(23)15-8-5-9-16-17(15)21-12-22(16)3;/h4-7,9-12H,1-3H3;/q-1;. The third kappa shape index (κ3) is 2.50. The van der Waals surface area contributed by atoms with E-state index in [1.807, 2.05) is 42.5 Å². The molecule has 0 atom stereocenters. The van der Waals surface area contributed by atoms with Gasteiger partial charge in [-0.15, -0.1) is 18.2 Å². The van der Waals surface area contributed by atoms with E-state index >= 15 is 0 Å². The number of nitrogens with zero attached hydrogens (tertiary/aromatic N) is 4. The Kier molecular flexibility index (Phi) is 4.39. The first-order valence-electron chi connectivity index (χ1n) is 7.59. The van der Waals surface area contributed by atoms with Crippen LogP contribution in [0, 0.1) is 19.9 Å². The SMILES string of the molecule is Cc1cccc(C)c1-n1ccnc1-c1[c-]ccc2c1ncn2C.[Ir]. The van der Waals surface area contributed by atoms with E-state index in [9.17, 15) is 0 Å². The number of fused-ring (bicyclic) bond motifs is 1. The molecule has 0 unspecified atom stereocenters. The van der Waals surface area contributed by atoms with Crippen molar-refractivity contribution in [2.45, 2.75) is 13.8 Å². The summed E-state index contributed by atoms with van der Waals surface area (Å²) in [6.07, 6.45) is 5.66. The second-order valence-corrected chi connectivity index (χ2v) is 5.80. The summed E-state index contributed by atoms with van der Waals surface area (Å²) < 4.78 is 4.14. The number of aromatic nitrogens is 4. The number of aryl methyl sites for hydroxylation is 3. The summed E-state index contributed by atoms with van der Waals surface area (Å²) in [6.45, 7) is 4.24. The Bertz CT molecular complexity index is 993. The van der Waals surface area contributed by atoms with Gasteiger partial charge >= 0.3 is 0 Å². The number of benzene rings is 2. The molecule has 0 N–H and O–H groups in total. The van der Waals surface area contributed by atoms with E-state index in [1.165, 1.54) is 16.8 Å². The maximum atomic E-state index is 4.59. The molecule has 4 nitrogen and oxygen atoms in total. The van der Waals surface area contributed by atoms with E-state index in [2.05, 4.69) is 52.6 Å². The molecule has 2 aromatic heterocycles. The van der Waals surface area contributed by atoms with Crippen molar-refractivity contribution in [2.75, 3.05) is 0 Å². The third-order valence-corrected chi connectivity index (χ3v) is 4.23. The van der Waals surface area contributed by atoms with Crippen LogP contribution in [-0.4, -0.2) is 19.1 Å². The quantitative estimate of drug-likeness (QED) is 0.398. The molecular weight excluding hydrogens is 476 g/mol. The van der Waals surface area contributed by atoms with Gasteiger partial charge in [-0.05, 0) is 30.5 Å². The van der Waals surface area contributed by atoms with Gasteiger partial charge in [0.2, 0.25) is 0 Å². The number of rotatable bonds is 2. The van der Waals surface area contributed by atoms with Crippen molar-refractivity contribution < 1.29 is 20.1 Å². The van der Waals surface area contributed by atoms with Crippen molar-refractivity contribution in [2.24, 2.45) is 7.05 Å². The van der Waals surface area contributed by atoms with E-state index in [-0.39, 0.29) is 20.1 Å². The van der Waals surface area contributed by atoms with Crippen molar-refractivity contribution in [1.29, 1.82) is 0 Å². The fourth-order valence-corrected chi connectivity index (χ4v) is 3.13. The molecule has 123 valence electrons. The summed E-state index contributed by atoms with van der Waals surface area (Å²) in [5, 5.41) is 0. The van der Waals surface area contributed by atoms with Crippen molar-refractivity contribution in [3.8, 4) is 17.1 Å². The van der Waals surface area contributed by atoms with Crippen LogP contribution in [0.25, 0.3) is 28.1 Å². The molecule has 4 rings (SSSR count). The van der Waals surface area contributed by atoms with Crippen LogP contribution in [0.5, 0.6) is 0 Å². The van der Waals surface area contributed by atoms with Crippen molar-refractivity contribution in [3.05, 3.63) is 66.2 Å². The van der Waals surface area contributed by atoms with Gasteiger partial charge in [-0.1, -0.05) is 23.8 Å². The van der Waals surface area contributed by atoms with Crippen LogP contribution in [0.4, 0.5) is 0 Å². The summed E-state index contributed by atoms with van der Waals surface area (Å²) in [4.78, 5) is 9.12. The zero-order chi connectivity index (χ0) is 16.0. The Balaban J connectivity index is 0.00000169. The van der Waals surface area contributed by atoms with Gasteiger partial charge in [0, 0.05) is 50.8 Å². The van der Waals surface area contributed by atoms with Gasteiger partial charge in [0.05, 0.1) is 12.2 Å². The van der Waals surface area contributed by atoms with Crippen LogP contribution in [-0.2, 0) is 27.2 Å².